The molecule has 1 heterocycles. The molecule has 0 unspecified atom stereocenters. The first-order valence-corrected chi connectivity index (χ1v) is 6.36. The van der Waals surface area contributed by atoms with Crippen molar-refractivity contribution < 1.29 is 4.79 Å². The van der Waals surface area contributed by atoms with Gasteiger partial charge in [0.1, 0.15) is 11.5 Å². The molecule has 0 saturated carbocycles. The first kappa shape index (κ1) is 13.7. The molecule has 3 heteroatoms. The van der Waals surface area contributed by atoms with E-state index in [2.05, 4.69) is 16.5 Å². The summed E-state index contributed by atoms with van der Waals surface area (Å²) in [7, 11) is 0. The average molecular weight is 264 g/mol. The zero-order valence-electron chi connectivity index (χ0n) is 11.3. The van der Waals surface area contributed by atoms with Crippen molar-refractivity contribution in [1.29, 1.82) is 0 Å². The number of benzene rings is 1. The van der Waals surface area contributed by atoms with Gasteiger partial charge in [0.25, 0.3) is 0 Å². The summed E-state index contributed by atoms with van der Waals surface area (Å²) < 4.78 is 0. The van der Waals surface area contributed by atoms with E-state index in [1.165, 1.54) is 0 Å². The Morgan fingerprint density at radius 1 is 1.30 bits per heavy atom. The van der Waals surface area contributed by atoms with Crippen molar-refractivity contribution in [2.45, 2.75) is 6.92 Å². The molecule has 0 bridgehead atoms. The van der Waals surface area contributed by atoms with Gasteiger partial charge in [0.05, 0.1) is 6.20 Å². The lowest BCUT2D eigenvalue weighted by molar-refractivity contribution is 0.103. The van der Waals surface area contributed by atoms with Gasteiger partial charge in [-0.05, 0) is 6.92 Å². The van der Waals surface area contributed by atoms with E-state index < -0.39 is 0 Å². The van der Waals surface area contributed by atoms with Gasteiger partial charge in [-0.1, -0.05) is 61.2 Å². The quantitative estimate of drug-likeness (QED) is 0.505. The van der Waals surface area contributed by atoms with E-state index in [0.717, 1.165) is 5.56 Å². The van der Waals surface area contributed by atoms with Crippen LogP contribution in [0.1, 0.15) is 17.4 Å². The maximum atomic E-state index is 12.3. The first-order valence-electron chi connectivity index (χ1n) is 6.36. The molecule has 2 rings (SSSR count). The summed E-state index contributed by atoms with van der Waals surface area (Å²) in [6, 6.07) is 9.69. The van der Waals surface area contributed by atoms with Crippen molar-refractivity contribution >= 4 is 5.78 Å². The third kappa shape index (κ3) is 3.01. The molecule has 100 valence electrons. The fourth-order valence-electron chi connectivity index (χ4n) is 1.85. The normalized spacial score (nSPS) is 11.8. The predicted octanol–water partition coefficient (Wildman–Crippen LogP) is 3.95. The molecule has 2 aromatic rings. The van der Waals surface area contributed by atoms with E-state index >= 15 is 0 Å². The van der Waals surface area contributed by atoms with E-state index in [4.69, 9.17) is 0 Å². The van der Waals surface area contributed by atoms with E-state index in [-0.39, 0.29) is 5.78 Å². The number of imidazole rings is 1. The molecule has 3 nitrogen and oxygen atoms in total. The Bertz CT molecular complexity index is 663. The molecule has 1 aromatic carbocycles. The minimum absolute atomic E-state index is 0.0994. The largest absolute Gasteiger partial charge is 0.335 e. The number of Topliss-reactive ketones (excluding diaryl/α,β-unsaturated/α-hetero) is 1. The van der Waals surface area contributed by atoms with E-state index in [1.54, 1.807) is 24.4 Å². The summed E-state index contributed by atoms with van der Waals surface area (Å²) in [5, 5.41) is 0. The number of hydrogen-bond acceptors (Lipinski definition) is 2. The van der Waals surface area contributed by atoms with E-state index in [1.807, 2.05) is 43.3 Å². The lowest BCUT2D eigenvalue weighted by atomic mass is 10.1. The van der Waals surface area contributed by atoms with Gasteiger partial charge in [-0.15, -0.1) is 0 Å². The molecule has 0 spiro atoms. The van der Waals surface area contributed by atoms with Crippen LogP contribution in [0.2, 0.25) is 0 Å². The van der Waals surface area contributed by atoms with Gasteiger partial charge in [0, 0.05) is 11.1 Å². The average Bonchev–Trinajstić information content (AvgIpc) is 2.97. The Labute approximate surface area is 118 Å². The Morgan fingerprint density at radius 2 is 2.05 bits per heavy atom. The van der Waals surface area contributed by atoms with E-state index in [9.17, 15) is 4.79 Å². The minimum Gasteiger partial charge on any atom is -0.335 e. The lowest BCUT2D eigenvalue weighted by Crippen LogP contribution is -2.02. The molecule has 1 aromatic heterocycles. The number of carbonyl (C=O) groups is 1. The van der Waals surface area contributed by atoms with Crippen molar-refractivity contribution in [1.82, 2.24) is 9.97 Å². The molecule has 0 aliphatic carbocycles. The van der Waals surface area contributed by atoms with Crippen LogP contribution in [0, 0.1) is 0 Å². The maximum Gasteiger partial charge on any atom is 0.210 e. The Morgan fingerprint density at radius 3 is 2.70 bits per heavy atom. The third-order valence-electron chi connectivity index (χ3n) is 2.77. The molecule has 0 aliphatic rings. The van der Waals surface area contributed by atoms with Gasteiger partial charge in [0.2, 0.25) is 5.78 Å². The number of H-pyrrole nitrogens is 1. The summed E-state index contributed by atoms with van der Waals surface area (Å²) in [6.45, 7) is 5.49. The molecule has 20 heavy (non-hydrogen) atoms. The van der Waals surface area contributed by atoms with Crippen LogP contribution in [0.15, 0.2) is 73.0 Å². The van der Waals surface area contributed by atoms with Crippen LogP contribution in [0.25, 0.3) is 11.4 Å². The molecule has 0 aliphatic heterocycles. The van der Waals surface area contributed by atoms with Gasteiger partial charge >= 0.3 is 0 Å². The summed E-state index contributed by atoms with van der Waals surface area (Å²) in [6.07, 6.45) is 8.42. The number of ketones is 1. The molecule has 0 fully saturated rings. The van der Waals surface area contributed by atoms with Crippen molar-refractivity contribution in [2.24, 2.45) is 0 Å². The Hall–Kier alpha value is -2.68. The van der Waals surface area contributed by atoms with Crippen LogP contribution in [-0.4, -0.2) is 15.8 Å². The number of rotatable bonds is 5. The topological polar surface area (TPSA) is 45.8 Å². The van der Waals surface area contributed by atoms with Crippen molar-refractivity contribution in [3.63, 3.8) is 0 Å². The summed E-state index contributed by atoms with van der Waals surface area (Å²) in [4.78, 5) is 19.6. The molecular formula is C17H16N2O. The number of hydrogen-bond donors (Lipinski definition) is 1. The minimum atomic E-state index is -0.0994. The monoisotopic (exact) mass is 264 g/mol. The number of aromatic nitrogens is 2. The van der Waals surface area contributed by atoms with E-state index in [0.29, 0.717) is 17.1 Å². The predicted molar refractivity (Wildman–Crippen MR) is 81.4 cm³/mol. The number of nitrogens with zero attached hydrogens (tertiary/aromatic N) is 1. The third-order valence-corrected chi connectivity index (χ3v) is 2.77. The second-order valence-electron chi connectivity index (χ2n) is 4.20. The highest BCUT2D eigenvalue weighted by molar-refractivity contribution is 6.09. The number of carbonyl (C=O) groups excluding carboxylic acids is 1. The van der Waals surface area contributed by atoms with Gasteiger partial charge in [-0.3, -0.25) is 4.79 Å². The van der Waals surface area contributed by atoms with Crippen molar-refractivity contribution in [3.05, 3.63) is 78.7 Å². The zero-order chi connectivity index (χ0) is 14.4. The molecule has 0 saturated heterocycles. The van der Waals surface area contributed by atoms with Gasteiger partial charge in [-0.2, -0.15) is 0 Å². The second kappa shape index (κ2) is 6.48. The van der Waals surface area contributed by atoms with Crippen molar-refractivity contribution in [3.8, 4) is 11.4 Å². The molecule has 1 N–H and O–H groups in total. The van der Waals surface area contributed by atoms with Crippen LogP contribution in [0.5, 0.6) is 0 Å². The smallest absolute Gasteiger partial charge is 0.210 e. The highest BCUT2D eigenvalue weighted by Gasteiger charge is 2.13. The fourth-order valence-corrected chi connectivity index (χ4v) is 1.85. The molecule has 0 radical (unpaired) electrons. The second-order valence-corrected chi connectivity index (χ2v) is 4.20. The fraction of sp³-hybridized carbons (Fsp3) is 0.0588. The van der Waals surface area contributed by atoms with Crippen LogP contribution < -0.4 is 0 Å². The number of nitrogens with one attached hydrogen (secondary N) is 1. The summed E-state index contributed by atoms with van der Waals surface area (Å²) in [5.41, 5.74) is 1.99. The Kier molecular flexibility index (Phi) is 4.45. The van der Waals surface area contributed by atoms with Gasteiger partial charge < -0.3 is 4.98 Å². The van der Waals surface area contributed by atoms with Crippen molar-refractivity contribution in [2.75, 3.05) is 0 Å². The van der Waals surface area contributed by atoms with Crippen LogP contribution in [0.4, 0.5) is 0 Å². The Balaban J connectivity index is 2.31. The summed E-state index contributed by atoms with van der Waals surface area (Å²) in [5.74, 6) is 0.588. The maximum absolute atomic E-state index is 12.3. The standard InChI is InChI=1S/C17H16N2O/c1-3-8-13(9-4-2)16(20)15-12-18-17(19-15)14-10-6-5-7-11-14/h3-12H,1H2,2H3,(H,18,19)/b9-4-,13-8+. The molecule has 0 amide bonds. The zero-order valence-corrected chi connectivity index (χ0v) is 11.3. The highest BCUT2D eigenvalue weighted by atomic mass is 16.1. The first-order chi connectivity index (χ1) is 9.76. The number of allylic oxidation sites excluding steroid dienone is 5. The van der Waals surface area contributed by atoms with Gasteiger partial charge in [-0.25, -0.2) is 4.98 Å². The van der Waals surface area contributed by atoms with Crippen LogP contribution >= 0.6 is 0 Å². The van der Waals surface area contributed by atoms with Crippen LogP contribution in [0.3, 0.4) is 0 Å². The summed E-state index contributed by atoms with van der Waals surface area (Å²) >= 11 is 0. The van der Waals surface area contributed by atoms with Crippen LogP contribution in [-0.2, 0) is 0 Å². The SMILES string of the molecule is C=C/C=C(\C=C/C)C(=O)c1cnc(-c2ccccc2)[nH]1. The molecule has 0 atom stereocenters. The lowest BCUT2D eigenvalue weighted by Gasteiger charge is -1.98. The molecular weight excluding hydrogens is 248 g/mol. The van der Waals surface area contributed by atoms with Gasteiger partial charge in [0.15, 0.2) is 0 Å². The number of aromatic amines is 1. The highest BCUT2D eigenvalue weighted by Crippen LogP contribution is 2.16.